The predicted octanol–water partition coefficient (Wildman–Crippen LogP) is 11.8. The molecule has 0 unspecified atom stereocenters. The smallest absolute Gasteiger partial charge is 0.220 e. The van der Waals surface area contributed by atoms with Gasteiger partial charge in [-0.15, -0.1) is 0 Å². The molecular formula is C37H73NO2. The molecule has 1 amide bonds. The lowest BCUT2D eigenvalue weighted by Crippen LogP contribution is -2.42. The Morgan fingerprint density at radius 3 is 1.27 bits per heavy atom. The third kappa shape index (κ3) is 28.7. The van der Waals surface area contributed by atoms with Crippen LogP contribution in [-0.2, 0) is 4.79 Å². The first kappa shape index (κ1) is 39.2. The summed E-state index contributed by atoms with van der Waals surface area (Å²) in [4.78, 5) is 12.4. The summed E-state index contributed by atoms with van der Waals surface area (Å²) < 4.78 is 0. The van der Waals surface area contributed by atoms with Crippen LogP contribution in [-0.4, -0.2) is 23.2 Å². The molecule has 238 valence electrons. The highest BCUT2D eigenvalue weighted by Gasteiger charge is 2.16. The second-order valence-electron chi connectivity index (χ2n) is 12.5. The van der Waals surface area contributed by atoms with Crippen LogP contribution in [0.5, 0.6) is 0 Å². The second-order valence-corrected chi connectivity index (χ2v) is 12.5. The fourth-order valence-electron chi connectivity index (χ4n) is 5.66. The summed E-state index contributed by atoms with van der Waals surface area (Å²) in [5, 5.41) is 13.6. The van der Waals surface area contributed by atoms with Crippen molar-refractivity contribution in [3.8, 4) is 0 Å². The van der Waals surface area contributed by atoms with Crippen LogP contribution in [0, 0.1) is 0 Å². The van der Waals surface area contributed by atoms with E-state index < -0.39 is 6.10 Å². The van der Waals surface area contributed by atoms with Crippen LogP contribution in [0.2, 0.25) is 0 Å². The van der Waals surface area contributed by atoms with E-state index >= 15 is 0 Å². The first-order valence-electron chi connectivity index (χ1n) is 18.3. The van der Waals surface area contributed by atoms with Crippen molar-refractivity contribution in [2.24, 2.45) is 0 Å². The Balaban J connectivity index is 3.60. The molecular weight excluding hydrogens is 490 g/mol. The molecule has 0 aromatic carbocycles. The molecule has 2 N–H and O–H groups in total. The Bertz CT molecular complexity index is 532. The summed E-state index contributed by atoms with van der Waals surface area (Å²) in [7, 11) is 0. The highest BCUT2D eigenvalue weighted by atomic mass is 16.3. The molecule has 0 aromatic rings. The number of rotatable bonds is 32. The summed E-state index contributed by atoms with van der Waals surface area (Å²) in [6.45, 7) is 6.60. The normalized spacial score (nSPS) is 13.2. The number of aliphatic hydroxyl groups is 1. The van der Waals surface area contributed by atoms with Gasteiger partial charge in [0.15, 0.2) is 0 Å². The highest BCUT2D eigenvalue weighted by molar-refractivity contribution is 5.76. The molecule has 3 heteroatoms. The van der Waals surface area contributed by atoms with Gasteiger partial charge in [0.2, 0.25) is 5.91 Å². The van der Waals surface area contributed by atoms with E-state index in [1.807, 2.05) is 13.0 Å². The van der Waals surface area contributed by atoms with Crippen LogP contribution in [0.3, 0.4) is 0 Å². The average Bonchev–Trinajstić information content (AvgIpc) is 2.96. The zero-order valence-corrected chi connectivity index (χ0v) is 27.7. The topological polar surface area (TPSA) is 49.3 Å². The number of carbonyl (C=O) groups excluding carboxylic acids is 1. The molecule has 40 heavy (non-hydrogen) atoms. The molecule has 0 rings (SSSR count). The maximum absolute atomic E-state index is 12.4. The van der Waals surface area contributed by atoms with Crippen molar-refractivity contribution < 1.29 is 9.90 Å². The van der Waals surface area contributed by atoms with E-state index in [2.05, 4.69) is 25.2 Å². The van der Waals surface area contributed by atoms with Gasteiger partial charge in [0.25, 0.3) is 0 Å². The standard InChI is InChI=1S/C37H73NO2/c1-4-7-9-11-13-15-17-19-20-22-24-26-28-30-32-34-37(40)38-35(6-3)36(39)33-31-29-27-25-23-21-18-16-14-12-10-8-5-2/h31,33,35-36,39H,4-30,32,34H2,1-3H3,(H,38,40)/b33-31+/t35-,36+/m1/s1. The lowest BCUT2D eigenvalue weighted by molar-refractivity contribution is -0.122. The third-order valence-electron chi connectivity index (χ3n) is 8.51. The number of aliphatic hydroxyl groups excluding tert-OH is 1. The minimum absolute atomic E-state index is 0.0966. The highest BCUT2D eigenvalue weighted by Crippen LogP contribution is 2.15. The summed E-state index contributed by atoms with van der Waals surface area (Å²) >= 11 is 0. The van der Waals surface area contributed by atoms with Gasteiger partial charge in [0.05, 0.1) is 12.1 Å². The monoisotopic (exact) mass is 564 g/mol. The number of amides is 1. The lowest BCUT2D eigenvalue weighted by Gasteiger charge is -2.20. The Morgan fingerprint density at radius 1 is 0.550 bits per heavy atom. The Hall–Kier alpha value is -0.830. The Kier molecular flexibility index (Phi) is 32.0. The third-order valence-corrected chi connectivity index (χ3v) is 8.51. The molecule has 0 radical (unpaired) electrons. The number of hydrogen-bond donors (Lipinski definition) is 2. The van der Waals surface area contributed by atoms with Crippen molar-refractivity contribution in [2.75, 3.05) is 0 Å². The molecule has 0 aromatic heterocycles. The Labute approximate surface area is 252 Å². The molecule has 0 spiro atoms. The summed E-state index contributed by atoms with van der Waals surface area (Å²) in [5.41, 5.74) is 0. The maximum Gasteiger partial charge on any atom is 0.220 e. The maximum atomic E-state index is 12.4. The zero-order valence-electron chi connectivity index (χ0n) is 27.7. The van der Waals surface area contributed by atoms with Crippen LogP contribution in [0.25, 0.3) is 0 Å². The first-order chi connectivity index (χ1) is 19.7. The molecule has 0 fully saturated rings. The first-order valence-corrected chi connectivity index (χ1v) is 18.3. The van der Waals surface area contributed by atoms with E-state index in [1.54, 1.807) is 0 Å². The van der Waals surface area contributed by atoms with E-state index in [0.717, 1.165) is 25.7 Å². The average molecular weight is 564 g/mol. The van der Waals surface area contributed by atoms with Crippen LogP contribution in [0.1, 0.15) is 207 Å². The van der Waals surface area contributed by atoms with Gasteiger partial charge in [-0.2, -0.15) is 0 Å². The predicted molar refractivity (Wildman–Crippen MR) is 178 cm³/mol. The lowest BCUT2D eigenvalue weighted by atomic mass is 10.0. The number of allylic oxidation sites excluding steroid dienone is 1. The molecule has 0 bridgehead atoms. The quantitative estimate of drug-likeness (QED) is 0.0631. The van der Waals surface area contributed by atoms with Crippen molar-refractivity contribution in [2.45, 2.75) is 219 Å². The molecule has 0 aliphatic heterocycles. The Morgan fingerprint density at radius 2 is 0.900 bits per heavy atom. The van der Waals surface area contributed by atoms with Crippen LogP contribution in [0.15, 0.2) is 12.2 Å². The summed E-state index contributed by atoms with van der Waals surface area (Å²) in [6.07, 6.45) is 40.8. The SMILES string of the molecule is CCCCCCCCCCCCC/C=C/[C@H](O)[C@@H](CC)NC(=O)CCCCCCCCCCCCCCCCC. The molecule has 2 atom stereocenters. The van der Waals surface area contributed by atoms with E-state index in [0.29, 0.717) is 6.42 Å². The van der Waals surface area contributed by atoms with Crippen LogP contribution in [0.4, 0.5) is 0 Å². The van der Waals surface area contributed by atoms with Gasteiger partial charge >= 0.3 is 0 Å². The molecule has 0 aliphatic rings. The van der Waals surface area contributed by atoms with Gasteiger partial charge in [-0.3, -0.25) is 4.79 Å². The van der Waals surface area contributed by atoms with Gasteiger partial charge in [0, 0.05) is 6.42 Å². The van der Waals surface area contributed by atoms with Crippen molar-refractivity contribution >= 4 is 5.91 Å². The minimum Gasteiger partial charge on any atom is -0.387 e. The number of carbonyl (C=O) groups is 1. The van der Waals surface area contributed by atoms with Crippen molar-refractivity contribution in [1.29, 1.82) is 0 Å². The van der Waals surface area contributed by atoms with Gasteiger partial charge < -0.3 is 10.4 Å². The summed E-state index contributed by atoms with van der Waals surface area (Å²) in [6, 6.07) is -0.169. The van der Waals surface area contributed by atoms with Gasteiger partial charge in [0.1, 0.15) is 0 Å². The minimum atomic E-state index is -0.581. The molecule has 0 aliphatic carbocycles. The number of hydrogen-bond acceptors (Lipinski definition) is 2. The van der Waals surface area contributed by atoms with Crippen LogP contribution >= 0.6 is 0 Å². The molecule has 0 heterocycles. The van der Waals surface area contributed by atoms with Crippen molar-refractivity contribution in [3.05, 3.63) is 12.2 Å². The van der Waals surface area contributed by atoms with Crippen molar-refractivity contribution in [1.82, 2.24) is 5.32 Å². The number of nitrogens with one attached hydrogen (secondary N) is 1. The molecule has 3 nitrogen and oxygen atoms in total. The van der Waals surface area contributed by atoms with E-state index in [1.165, 1.54) is 154 Å². The van der Waals surface area contributed by atoms with Crippen molar-refractivity contribution in [3.63, 3.8) is 0 Å². The van der Waals surface area contributed by atoms with Gasteiger partial charge in [-0.05, 0) is 25.7 Å². The fourth-order valence-corrected chi connectivity index (χ4v) is 5.66. The largest absolute Gasteiger partial charge is 0.387 e. The van der Waals surface area contributed by atoms with Crippen LogP contribution < -0.4 is 5.32 Å². The fraction of sp³-hybridized carbons (Fsp3) is 0.919. The number of unbranched alkanes of at least 4 members (excludes halogenated alkanes) is 25. The van der Waals surface area contributed by atoms with E-state index in [9.17, 15) is 9.90 Å². The van der Waals surface area contributed by atoms with E-state index in [4.69, 9.17) is 0 Å². The van der Waals surface area contributed by atoms with E-state index in [-0.39, 0.29) is 11.9 Å². The molecule has 0 saturated heterocycles. The second kappa shape index (κ2) is 32.7. The zero-order chi connectivity index (χ0) is 29.4. The van der Waals surface area contributed by atoms with Gasteiger partial charge in [-0.25, -0.2) is 0 Å². The molecule has 0 saturated carbocycles. The van der Waals surface area contributed by atoms with Gasteiger partial charge in [-0.1, -0.05) is 187 Å². The summed E-state index contributed by atoms with van der Waals surface area (Å²) in [5.74, 6) is 0.0966.